The lowest BCUT2D eigenvalue weighted by Crippen LogP contribution is -2.31. The minimum absolute atomic E-state index is 0.111. The molecular weight excluding hydrogens is 234 g/mol. The molecule has 2 aromatic heterocycles. The maximum Gasteiger partial charge on any atom is 0.263 e. The number of pyridine rings is 1. The molecule has 0 saturated heterocycles. The number of hydrogen-bond donors (Lipinski definition) is 2. The lowest BCUT2D eigenvalue weighted by molar-refractivity contribution is 0.0944. The van der Waals surface area contributed by atoms with Gasteiger partial charge in [-0.15, -0.1) is 11.3 Å². The van der Waals surface area contributed by atoms with Gasteiger partial charge in [0.25, 0.3) is 5.91 Å². The number of carbonyl (C=O) groups is 1. The average molecular weight is 249 g/mol. The van der Waals surface area contributed by atoms with Crippen molar-refractivity contribution in [1.82, 2.24) is 10.3 Å². The molecule has 1 unspecified atom stereocenters. The number of nitrogens with zero attached hydrogens (tertiary/aromatic N) is 1. The number of aromatic nitrogens is 1. The van der Waals surface area contributed by atoms with Gasteiger partial charge in [-0.05, 0) is 25.5 Å². The molecule has 0 fully saturated rings. The fourth-order valence-corrected chi connectivity index (χ4v) is 2.49. The molecule has 0 bridgehead atoms. The van der Waals surface area contributed by atoms with E-state index in [1.54, 1.807) is 6.20 Å². The molecule has 17 heavy (non-hydrogen) atoms. The van der Waals surface area contributed by atoms with Gasteiger partial charge < -0.3 is 11.1 Å². The number of hydrogen-bond acceptors (Lipinski definition) is 4. The van der Waals surface area contributed by atoms with Gasteiger partial charge in [0.1, 0.15) is 10.4 Å². The third kappa shape index (κ3) is 2.24. The smallest absolute Gasteiger partial charge is 0.263 e. The highest BCUT2D eigenvalue weighted by atomic mass is 32.1. The van der Waals surface area contributed by atoms with E-state index in [0.717, 1.165) is 11.1 Å². The highest BCUT2D eigenvalue weighted by Crippen LogP contribution is 2.31. The van der Waals surface area contributed by atoms with Crippen LogP contribution in [-0.4, -0.2) is 16.9 Å². The molecule has 2 heterocycles. The van der Waals surface area contributed by atoms with Crippen LogP contribution in [0.4, 0.5) is 5.69 Å². The van der Waals surface area contributed by atoms with Crippen LogP contribution in [0.1, 0.15) is 29.9 Å². The van der Waals surface area contributed by atoms with Crippen LogP contribution in [0, 0.1) is 0 Å². The molecule has 0 aromatic carbocycles. The predicted molar refractivity (Wildman–Crippen MR) is 71.3 cm³/mol. The largest absolute Gasteiger partial charge is 0.396 e. The van der Waals surface area contributed by atoms with Crippen LogP contribution in [-0.2, 0) is 0 Å². The Bertz CT molecular complexity index is 550. The Balaban J connectivity index is 2.35. The summed E-state index contributed by atoms with van der Waals surface area (Å²) in [4.78, 5) is 16.7. The van der Waals surface area contributed by atoms with E-state index < -0.39 is 0 Å². The first-order valence-electron chi connectivity index (χ1n) is 5.57. The van der Waals surface area contributed by atoms with E-state index in [1.807, 2.05) is 26.0 Å². The van der Waals surface area contributed by atoms with Gasteiger partial charge in [0.05, 0.1) is 10.4 Å². The summed E-state index contributed by atoms with van der Waals surface area (Å²) >= 11 is 1.38. The van der Waals surface area contributed by atoms with E-state index in [-0.39, 0.29) is 11.9 Å². The molecule has 2 aromatic rings. The number of nitrogens with two attached hydrogens (primary N) is 1. The molecule has 0 aliphatic rings. The number of anilines is 1. The first-order chi connectivity index (χ1) is 8.13. The summed E-state index contributed by atoms with van der Waals surface area (Å²) in [6.45, 7) is 4.00. The number of rotatable bonds is 3. The summed E-state index contributed by atoms with van der Waals surface area (Å²) in [5, 5.41) is 2.91. The zero-order chi connectivity index (χ0) is 12.4. The minimum Gasteiger partial charge on any atom is -0.396 e. The molecule has 2 rings (SSSR count). The lowest BCUT2D eigenvalue weighted by atomic mass is 10.2. The second kappa shape index (κ2) is 4.71. The van der Waals surface area contributed by atoms with Gasteiger partial charge in [0.15, 0.2) is 0 Å². The Kier molecular flexibility index (Phi) is 3.28. The zero-order valence-electron chi connectivity index (χ0n) is 9.86. The standard InChI is InChI=1S/C12H15N3OS/c1-3-7(2)15-12(16)11-9(13)10-8(17-11)5-4-6-14-10/h4-7H,3,13H2,1-2H3,(H,15,16). The molecule has 0 aliphatic carbocycles. The van der Waals surface area contributed by atoms with Crippen LogP contribution >= 0.6 is 11.3 Å². The van der Waals surface area contributed by atoms with Gasteiger partial charge in [-0.2, -0.15) is 0 Å². The van der Waals surface area contributed by atoms with E-state index in [0.29, 0.717) is 16.1 Å². The van der Waals surface area contributed by atoms with Crippen LogP contribution in [0.3, 0.4) is 0 Å². The third-order valence-electron chi connectivity index (χ3n) is 2.68. The highest BCUT2D eigenvalue weighted by Gasteiger charge is 2.17. The fraction of sp³-hybridized carbons (Fsp3) is 0.333. The normalized spacial score (nSPS) is 12.6. The summed E-state index contributed by atoms with van der Waals surface area (Å²) in [5.41, 5.74) is 7.14. The monoisotopic (exact) mass is 249 g/mol. The maximum absolute atomic E-state index is 12.0. The molecule has 0 aliphatic heterocycles. The van der Waals surface area contributed by atoms with Crippen LogP contribution in [0.5, 0.6) is 0 Å². The fourth-order valence-electron chi connectivity index (χ4n) is 1.51. The van der Waals surface area contributed by atoms with Crippen molar-refractivity contribution in [2.75, 3.05) is 5.73 Å². The van der Waals surface area contributed by atoms with Gasteiger partial charge in [-0.1, -0.05) is 6.92 Å². The summed E-state index contributed by atoms with van der Waals surface area (Å²) < 4.78 is 0.944. The molecule has 1 atom stereocenters. The van der Waals surface area contributed by atoms with E-state index in [9.17, 15) is 4.79 Å². The van der Waals surface area contributed by atoms with Crippen LogP contribution < -0.4 is 11.1 Å². The minimum atomic E-state index is -0.111. The van der Waals surface area contributed by atoms with Crippen molar-refractivity contribution in [2.45, 2.75) is 26.3 Å². The van der Waals surface area contributed by atoms with Crippen molar-refractivity contribution < 1.29 is 4.79 Å². The zero-order valence-corrected chi connectivity index (χ0v) is 10.7. The van der Waals surface area contributed by atoms with E-state index in [4.69, 9.17) is 5.73 Å². The number of carbonyl (C=O) groups excluding carboxylic acids is 1. The number of amides is 1. The second-order valence-electron chi connectivity index (χ2n) is 3.98. The Morgan fingerprint density at radius 3 is 3.06 bits per heavy atom. The highest BCUT2D eigenvalue weighted by molar-refractivity contribution is 7.21. The first-order valence-corrected chi connectivity index (χ1v) is 6.39. The Labute approximate surface area is 104 Å². The van der Waals surface area contributed by atoms with Crippen molar-refractivity contribution in [3.8, 4) is 0 Å². The van der Waals surface area contributed by atoms with Crippen molar-refractivity contribution in [3.63, 3.8) is 0 Å². The Morgan fingerprint density at radius 1 is 1.65 bits per heavy atom. The van der Waals surface area contributed by atoms with Gasteiger partial charge in [-0.25, -0.2) is 0 Å². The molecule has 0 saturated carbocycles. The van der Waals surface area contributed by atoms with Crippen molar-refractivity contribution in [3.05, 3.63) is 23.2 Å². The maximum atomic E-state index is 12.0. The Morgan fingerprint density at radius 2 is 2.41 bits per heavy atom. The first kappa shape index (κ1) is 11.9. The molecule has 4 nitrogen and oxygen atoms in total. The van der Waals surface area contributed by atoms with Crippen molar-refractivity contribution in [2.24, 2.45) is 0 Å². The average Bonchev–Trinajstić information content (AvgIpc) is 2.67. The van der Waals surface area contributed by atoms with Gasteiger partial charge in [-0.3, -0.25) is 9.78 Å². The van der Waals surface area contributed by atoms with Gasteiger partial charge >= 0.3 is 0 Å². The summed E-state index contributed by atoms with van der Waals surface area (Å²) in [7, 11) is 0. The molecule has 3 N–H and O–H groups in total. The number of thiophene rings is 1. The van der Waals surface area contributed by atoms with E-state index in [1.165, 1.54) is 11.3 Å². The van der Waals surface area contributed by atoms with Gasteiger partial charge in [0.2, 0.25) is 0 Å². The lowest BCUT2D eigenvalue weighted by Gasteiger charge is -2.10. The quantitative estimate of drug-likeness (QED) is 0.877. The number of nitrogen functional groups attached to an aromatic ring is 1. The molecule has 0 radical (unpaired) electrons. The molecule has 0 spiro atoms. The SMILES string of the molecule is CCC(C)NC(=O)c1sc2cccnc2c1N. The Hall–Kier alpha value is -1.62. The molecule has 90 valence electrons. The number of fused-ring (bicyclic) bond motifs is 1. The molecule has 1 amide bonds. The van der Waals surface area contributed by atoms with Crippen molar-refractivity contribution in [1.29, 1.82) is 0 Å². The summed E-state index contributed by atoms with van der Waals surface area (Å²) in [6.07, 6.45) is 2.58. The topological polar surface area (TPSA) is 68.0 Å². The van der Waals surface area contributed by atoms with E-state index >= 15 is 0 Å². The van der Waals surface area contributed by atoms with Crippen LogP contribution in [0.2, 0.25) is 0 Å². The predicted octanol–water partition coefficient (Wildman–Crippen LogP) is 2.41. The van der Waals surface area contributed by atoms with Crippen LogP contribution in [0.25, 0.3) is 10.2 Å². The molecule has 5 heteroatoms. The summed E-state index contributed by atoms with van der Waals surface area (Å²) in [5.74, 6) is -0.111. The van der Waals surface area contributed by atoms with Crippen molar-refractivity contribution >= 4 is 33.1 Å². The van der Waals surface area contributed by atoms with Crippen LogP contribution in [0.15, 0.2) is 18.3 Å². The molecular formula is C12H15N3OS. The third-order valence-corrected chi connectivity index (χ3v) is 3.84. The summed E-state index contributed by atoms with van der Waals surface area (Å²) in [6, 6.07) is 3.91. The second-order valence-corrected chi connectivity index (χ2v) is 5.03. The van der Waals surface area contributed by atoms with Gasteiger partial charge in [0, 0.05) is 12.2 Å². The van der Waals surface area contributed by atoms with E-state index in [2.05, 4.69) is 10.3 Å². The number of nitrogens with one attached hydrogen (secondary N) is 1.